The lowest BCUT2D eigenvalue weighted by molar-refractivity contribution is -0.113. The van der Waals surface area contributed by atoms with Crippen LogP contribution in [0.25, 0.3) is 0 Å². The molecular formula is C15H15N3OS. The van der Waals surface area contributed by atoms with Gasteiger partial charge in [-0.05, 0) is 36.8 Å². The van der Waals surface area contributed by atoms with Crippen LogP contribution in [0.2, 0.25) is 0 Å². The summed E-state index contributed by atoms with van der Waals surface area (Å²) in [5.41, 5.74) is 3.00. The second-order valence-corrected chi connectivity index (χ2v) is 5.72. The first-order valence-corrected chi connectivity index (χ1v) is 7.44. The first kappa shape index (κ1) is 13.0. The molecule has 1 aliphatic heterocycles. The van der Waals surface area contributed by atoms with E-state index in [1.807, 2.05) is 36.5 Å². The highest BCUT2D eigenvalue weighted by atomic mass is 32.2. The largest absolute Gasteiger partial charge is 0.378 e. The number of nitrogens with zero attached hydrogens (tertiary/aromatic N) is 1. The smallest absolute Gasteiger partial charge is 0.234 e. The molecule has 1 aliphatic rings. The molecule has 1 atom stereocenters. The predicted molar refractivity (Wildman–Crippen MR) is 82.1 cm³/mol. The summed E-state index contributed by atoms with van der Waals surface area (Å²) in [6.45, 7) is 2.09. The number of hydrogen-bond donors (Lipinski definition) is 2. The molecule has 0 spiro atoms. The van der Waals surface area contributed by atoms with Crippen molar-refractivity contribution in [2.24, 2.45) is 0 Å². The molecule has 0 fully saturated rings. The van der Waals surface area contributed by atoms with E-state index in [-0.39, 0.29) is 11.9 Å². The summed E-state index contributed by atoms with van der Waals surface area (Å²) in [4.78, 5) is 16.7. The first-order valence-electron chi connectivity index (χ1n) is 6.45. The van der Waals surface area contributed by atoms with Gasteiger partial charge in [0.05, 0.1) is 17.5 Å². The maximum Gasteiger partial charge on any atom is 0.234 e. The van der Waals surface area contributed by atoms with E-state index in [1.54, 1.807) is 18.0 Å². The molecule has 20 heavy (non-hydrogen) atoms. The molecule has 1 aromatic carbocycles. The lowest BCUT2D eigenvalue weighted by Gasteiger charge is -2.20. The molecule has 4 nitrogen and oxygen atoms in total. The Morgan fingerprint density at radius 2 is 2.30 bits per heavy atom. The second kappa shape index (κ2) is 5.54. The molecule has 0 saturated carbocycles. The third-order valence-electron chi connectivity index (χ3n) is 3.18. The van der Waals surface area contributed by atoms with E-state index < -0.39 is 0 Å². The summed E-state index contributed by atoms with van der Waals surface area (Å²) in [7, 11) is 0. The van der Waals surface area contributed by atoms with Gasteiger partial charge in [-0.25, -0.2) is 0 Å². The summed E-state index contributed by atoms with van der Waals surface area (Å²) in [5, 5.41) is 6.32. The van der Waals surface area contributed by atoms with Gasteiger partial charge in [0.25, 0.3) is 0 Å². The van der Waals surface area contributed by atoms with E-state index in [9.17, 15) is 4.79 Å². The number of amides is 1. The monoisotopic (exact) mass is 285 g/mol. The van der Waals surface area contributed by atoms with E-state index >= 15 is 0 Å². The molecule has 2 N–H and O–H groups in total. The Labute approximate surface area is 122 Å². The van der Waals surface area contributed by atoms with Crippen LogP contribution in [-0.4, -0.2) is 16.6 Å². The number of nitrogens with one attached hydrogen (secondary N) is 2. The Bertz CT molecular complexity index is 630. The van der Waals surface area contributed by atoms with Crippen molar-refractivity contribution in [2.75, 3.05) is 16.4 Å². The summed E-state index contributed by atoms with van der Waals surface area (Å²) >= 11 is 1.57. The van der Waals surface area contributed by atoms with Crippen LogP contribution in [0, 0.1) is 0 Å². The predicted octanol–water partition coefficient (Wildman–Crippen LogP) is 3.30. The molecule has 0 radical (unpaired) electrons. The van der Waals surface area contributed by atoms with Crippen molar-refractivity contribution in [1.29, 1.82) is 0 Å². The quantitative estimate of drug-likeness (QED) is 0.908. The van der Waals surface area contributed by atoms with Crippen molar-refractivity contribution in [3.63, 3.8) is 0 Å². The zero-order valence-corrected chi connectivity index (χ0v) is 11.9. The van der Waals surface area contributed by atoms with Crippen LogP contribution in [0.5, 0.6) is 0 Å². The highest BCUT2D eigenvalue weighted by molar-refractivity contribution is 8.00. The number of pyridine rings is 1. The number of carbonyl (C=O) groups is 1. The minimum Gasteiger partial charge on any atom is -0.378 e. The first-order chi connectivity index (χ1) is 9.72. The van der Waals surface area contributed by atoms with Gasteiger partial charge >= 0.3 is 0 Å². The Hall–Kier alpha value is -2.01. The number of rotatable bonds is 3. The van der Waals surface area contributed by atoms with Gasteiger partial charge in [0.1, 0.15) is 0 Å². The van der Waals surface area contributed by atoms with Gasteiger partial charge in [-0.2, -0.15) is 0 Å². The standard InChI is InChI=1S/C15H15N3OS/c1-10(11-3-2-6-16-8-11)17-12-4-5-14-13(7-12)18-15(19)9-20-14/h2-8,10,17H,9H2,1H3,(H,18,19). The summed E-state index contributed by atoms with van der Waals surface area (Å²) in [6.07, 6.45) is 3.62. The summed E-state index contributed by atoms with van der Waals surface area (Å²) in [5.74, 6) is 0.547. The fourth-order valence-corrected chi connectivity index (χ4v) is 2.93. The normalized spacial score (nSPS) is 15.2. The van der Waals surface area contributed by atoms with E-state index in [1.165, 1.54) is 0 Å². The molecule has 1 aromatic heterocycles. The Balaban J connectivity index is 1.78. The Morgan fingerprint density at radius 3 is 3.10 bits per heavy atom. The second-order valence-electron chi connectivity index (χ2n) is 4.70. The van der Waals surface area contributed by atoms with Gasteiger partial charge in [0, 0.05) is 23.0 Å². The van der Waals surface area contributed by atoms with Gasteiger partial charge in [-0.15, -0.1) is 11.8 Å². The lowest BCUT2D eigenvalue weighted by Crippen LogP contribution is -2.18. The number of benzene rings is 1. The molecule has 0 bridgehead atoms. The van der Waals surface area contributed by atoms with Crippen LogP contribution in [-0.2, 0) is 4.79 Å². The average molecular weight is 285 g/mol. The van der Waals surface area contributed by atoms with E-state index in [2.05, 4.69) is 22.5 Å². The maximum atomic E-state index is 11.4. The van der Waals surface area contributed by atoms with Gasteiger partial charge < -0.3 is 10.6 Å². The maximum absolute atomic E-state index is 11.4. The summed E-state index contributed by atoms with van der Waals surface area (Å²) < 4.78 is 0. The van der Waals surface area contributed by atoms with Crippen molar-refractivity contribution in [1.82, 2.24) is 4.98 Å². The van der Waals surface area contributed by atoms with E-state index in [4.69, 9.17) is 0 Å². The van der Waals surface area contributed by atoms with Crippen LogP contribution >= 0.6 is 11.8 Å². The Kier molecular flexibility index (Phi) is 3.60. The van der Waals surface area contributed by atoms with Crippen molar-refractivity contribution in [3.05, 3.63) is 48.3 Å². The van der Waals surface area contributed by atoms with Crippen LogP contribution in [0.1, 0.15) is 18.5 Å². The van der Waals surface area contributed by atoms with Crippen molar-refractivity contribution >= 4 is 29.0 Å². The van der Waals surface area contributed by atoms with Crippen molar-refractivity contribution in [2.45, 2.75) is 17.9 Å². The zero-order chi connectivity index (χ0) is 13.9. The Morgan fingerprint density at radius 1 is 1.40 bits per heavy atom. The van der Waals surface area contributed by atoms with Gasteiger partial charge in [-0.1, -0.05) is 6.07 Å². The van der Waals surface area contributed by atoms with E-state index in [0.717, 1.165) is 21.8 Å². The SMILES string of the molecule is CC(Nc1ccc2c(c1)NC(=O)CS2)c1cccnc1. The third-order valence-corrected chi connectivity index (χ3v) is 4.25. The highest BCUT2D eigenvalue weighted by Gasteiger charge is 2.16. The van der Waals surface area contributed by atoms with Crippen LogP contribution in [0.4, 0.5) is 11.4 Å². The zero-order valence-electron chi connectivity index (χ0n) is 11.1. The molecule has 102 valence electrons. The number of hydrogen-bond acceptors (Lipinski definition) is 4. The molecular weight excluding hydrogens is 270 g/mol. The van der Waals surface area contributed by atoms with Gasteiger partial charge in [0.2, 0.25) is 5.91 Å². The van der Waals surface area contributed by atoms with E-state index in [0.29, 0.717) is 5.75 Å². The fraction of sp³-hybridized carbons (Fsp3) is 0.200. The van der Waals surface area contributed by atoms with Gasteiger partial charge in [-0.3, -0.25) is 9.78 Å². The molecule has 0 saturated heterocycles. The number of carbonyl (C=O) groups excluding carboxylic acids is 1. The molecule has 0 aliphatic carbocycles. The average Bonchev–Trinajstić information content (AvgIpc) is 2.47. The number of fused-ring (bicyclic) bond motifs is 1. The molecule has 3 rings (SSSR count). The topological polar surface area (TPSA) is 54.0 Å². The lowest BCUT2D eigenvalue weighted by atomic mass is 10.1. The number of aromatic nitrogens is 1. The molecule has 2 aromatic rings. The summed E-state index contributed by atoms with van der Waals surface area (Å²) in [6, 6.07) is 10.2. The molecule has 1 amide bonds. The molecule has 1 unspecified atom stereocenters. The van der Waals surface area contributed by atoms with Crippen LogP contribution < -0.4 is 10.6 Å². The van der Waals surface area contributed by atoms with Crippen LogP contribution in [0.15, 0.2) is 47.6 Å². The number of thioether (sulfide) groups is 1. The van der Waals surface area contributed by atoms with Gasteiger partial charge in [0.15, 0.2) is 0 Å². The van der Waals surface area contributed by atoms with Crippen molar-refractivity contribution in [3.8, 4) is 0 Å². The minimum atomic E-state index is 0.0555. The molecule has 2 heterocycles. The fourth-order valence-electron chi connectivity index (χ4n) is 2.14. The van der Waals surface area contributed by atoms with Crippen molar-refractivity contribution < 1.29 is 4.79 Å². The minimum absolute atomic E-state index is 0.0555. The van der Waals surface area contributed by atoms with Crippen LogP contribution in [0.3, 0.4) is 0 Å². The molecule has 5 heteroatoms. The number of anilines is 2. The highest BCUT2D eigenvalue weighted by Crippen LogP contribution is 2.34. The third kappa shape index (κ3) is 2.77.